The molecule has 0 aliphatic carbocycles. The van der Waals surface area contributed by atoms with Crippen LogP contribution in [0.2, 0.25) is 18.1 Å². The van der Waals surface area contributed by atoms with Crippen LogP contribution >= 0.6 is 0 Å². The predicted octanol–water partition coefficient (Wildman–Crippen LogP) is 6.60. The third-order valence-corrected chi connectivity index (χ3v) is 12.8. The van der Waals surface area contributed by atoms with Crippen LogP contribution in [0.4, 0.5) is 0 Å². The molecule has 0 amide bonds. The molecule has 7 heteroatoms. The van der Waals surface area contributed by atoms with Gasteiger partial charge in [-0.15, -0.1) is 0 Å². The molecule has 36 heavy (non-hydrogen) atoms. The zero-order valence-electron chi connectivity index (χ0n) is 22.2. The predicted molar refractivity (Wildman–Crippen MR) is 148 cm³/mol. The highest BCUT2D eigenvalue weighted by Gasteiger charge is 2.44. The summed E-state index contributed by atoms with van der Waals surface area (Å²) in [5, 5.41) is -0.146. The van der Waals surface area contributed by atoms with Crippen molar-refractivity contribution in [3.63, 3.8) is 0 Å². The molecule has 5 nitrogen and oxygen atoms in total. The van der Waals surface area contributed by atoms with Crippen molar-refractivity contribution in [2.75, 3.05) is 0 Å². The summed E-state index contributed by atoms with van der Waals surface area (Å²) in [6.45, 7) is 14.4. The van der Waals surface area contributed by atoms with Crippen molar-refractivity contribution in [1.29, 1.82) is 0 Å². The van der Waals surface area contributed by atoms with E-state index in [0.29, 0.717) is 5.56 Å². The fourth-order valence-corrected chi connectivity index (χ4v) is 6.02. The number of aryl methyl sites for hydroxylation is 2. The first-order valence-corrected chi connectivity index (χ1v) is 16.5. The van der Waals surface area contributed by atoms with Crippen LogP contribution in [0.15, 0.2) is 83.8 Å². The fraction of sp³-hybridized carbons (Fsp3) is 0.345. The Morgan fingerprint density at radius 1 is 0.833 bits per heavy atom. The van der Waals surface area contributed by atoms with Crippen LogP contribution in [0.5, 0.6) is 0 Å². The van der Waals surface area contributed by atoms with E-state index >= 15 is 0 Å². The normalized spacial score (nSPS) is 14.3. The van der Waals surface area contributed by atoms with E-state index in [4.69, 9.17) is 4.43 Å². The minimum Gasteiger partial charge on any atom is -0.408 e. The summed E-state index contributed by atoms with van der Waals surface area (Å²) in [5.74, 6) is -0.335. The van der Waals surface area contributed by atoms with Gasteiger partial charge in [-0.2, -0.15) is 4.72 Å². The van der Waals surface area contributed by atoms with Crippen LogP contribution in [0, 0.1) is 13.8 Å². The van der Waals surface area contributed by atoms with E-state index in [9.17, 15) is 13.2 Å². The van der Waals surface area contributed by atoms with Gasteiger partial charge < -0.3 is 4.43 Å². The Balaban J connectivity index is 2.15. The van der Waals surface area contributed by atoms with Crippen LogP contribution < -0.4 is 4.72 Å². The average molecular weight is 524 g/mol. The fourth-order valence-electron chi connectivity index (χ4n) is 3.57. The van der Waals surface area contributed by atoms with E-state index in [0.717, 1.165) is 16.7 Å². The summed E-state index contributed by atoms with van der Waals surface area (Å²) in [6.07, 6.45) is -0.805. The standard InChI is InChI=1S/C29H37NO4SSi/c1-21-13-17-23(18-14-21)27(31)26(30-35(32,33)25-19-15-22(2)16-20-25)28(24-11-9-8-10-12-24)34-36(6,7)29(3,4)5/h8-20,26,28,30H,1-7H3/t26-,28-/m1/s1. The van der Waals surface area contributed by atoms with Crippen molar-refractivity contribution < 1.29 is 17.6 Å². The number of carbonyl (C=O) groups excluding carboxylic acids is 1. The van der Waals surface area contributed by atoms with Gasteiger partial charge in [-0.25, -0.2) is 8.42 Å². The van der Waals surface area contributed by atoms with Crippen molar-refractivity contribution in [3.05, 3.63) is 101 Å². The van der Waals surface area contributed by atoms with E-state index < -0.39 is 30.5 Å². The number of sulfonamides is 1. The van der Waals surface area contributed by atoms with Gasteiger partial charge in [-0.1, -0.05) is 98.6 Å². The Kier molecular flexibility index (Phi) is 8.40. The smallest absolute Gasteiger partial charge is 0.241 e. The maximum atomic E-state index is 14.0. The first kappa shape index (κ1) is 28.0. The molecule has 0 fully saturated rings. The molecule has 1 N–H and O–H groups in total. The van der Waals surface area contributed by atoms with E-state index in [1.54, 1.807) is 36.4 Å². The van der Waals surface area contributed by atoms with Gasteiger partial charge in [0.05, 0.1) is 11.0 Å². The molecule has 0 aliphatic heterocycles. The summed E-state index contributed by atoms with van der Waals surface area (Å²) >= 11 is 0. The van der Waals surface area contributed by atoms with E-state index in [1.807, 2.05) is 56.3 Å². The molecule has 2 atom stereocenters. The van der Waals surface area contributed by atoms with Crippen LogP contribution in [-0.4, -0.2) is 28.6 Å². The van der Waals surface area contributed by atoms with Gasteiger partial charge in [-0.3, -0.25) is 4.79 Å². The Labute approximate surface area is 217 Å². The van der Waals surface area contributed by atoms with Gasteiger partial charge in [0.2, 0.25) is 10.0 Å². The van der Waals surface area contributed by atoms with Crippen molar-refractivity contribution in [1.82, 2.24) is 4.72 Å². The van der Waals surface area contributed by atoms with Gasteiger partial charge in [0.1, 0.15) is 6.04 Å². The van der Waals surface area contributed by atoms with Crippen LogP contribution in [-0.2, 0) is 14.4 Å². The minimum absolute atomic E-state index is 0.106. The molecule has 192 valence electrons. The highest BCUT2D eigenvalue weighted by atomic mass is 32.2. The first-order valence-electron chi connectivity index (χ1n) is 12.1. The number of carbonyl (C=O) groups is 1. The summed E-state index contributed by atoms with van der Waals surface area (Å²) in [6, 6.07) is 22.0. The molecular formula is C29H37NO4SSi. The molecule has 0 saturated carbocycles. The van der Waals surface area contributed by atoms with Gasteiger partial charge in [-0.05, 0) is 49.7 Å². The molecule has 0 aliphatic rings. The Morgan fingerprint density at radius 2 is 1.33 bits per heavy atom. The molecule has 0 saturated heterocycles. The molecule has 3 aromatic rings. The number of hydrogen-bond donors (Lipinski definition) is 1. The maximum Gasteiger partial charge on any atom is 0.241 e. The molecule has 0 heterocycles. The summed E-state index contributed by atoms with van der Waals surface area (Å²) in [5.41, 5.74) is 3.14. The van der Waals surface area contributed by atoms with Crippen LogP contribution in [0.25, 0.3) is 0 Å². The summed E-state index contributed by atoms with van der Waals surface area (Å²) < 4.78 is 36.6. The largest absolute Gasteiger partial charge is 0.408 e. The van der Waals surface area contributed by atoms with Crippen LogP contribution in [0.3, 0.4) is 0 Å². The van der Waals surface area contributed by atoms with Gasteiger partial charge in [0, 0.05) is 5.56 Å². The average Bonchev–Trinajstić information content (AvgIpc) is 2.81. The van der Waals surface area contributed by atoms with Crippen molar-refractivity contribution >= 4 is 24.1 Å². The second-order valence-electron chi connectivity index (χ2n) is 10.9. The second kappa shape index (κ2) is 10.8. The van der Waals surface area contributed by atoms with Crippen LogP contribution in [0.1, 0.15) is 53.9 Å². The SMILES string of the molecule is Cc1ccc(C(=O)[C@@H](NS(=O)(=O)c2ccc(C)cc2)[C@H](O[Si](C)(C)C(C)(C)C)c2ccccc2)cc1. The Bertz CT molecular complexity index is 1280. The third-order valence-electron chi connectivity index (χ3n) is 6.89. The zero-order valence-corrected chi connectivity index (χ0v) is 24.0. The molecule has 3 aromatic carbocycles. The van der Waals surface area contributed by atoms with Gasteiger partial charge in [0.25, 0.3) is 0 Å². The Morgan fingerprint density at radius 3 is 1.83 bits per heavy atom. The monoisotopic (exact) mass is 523 g/mol. The molecule has 0 aromatic heterocycles. The molecule has 0 bridgehead atoms. The molecule has 0 radical (unpaired) electrons. The highest BCUT2D eigenvalue weighted by Crippen LogP contribution is 2.41. The second-order valence-corrected chi connectivity index (χ2v) is 17.3. The quantitative estimate of drug-likeness (QED) is 0.253. The zero-order chi connectivity index (χ0) is 26.7. The highest BCUT2D eigenvalue weighted by molar-refractivity contribution is 7.89. The lowest BCUT2D eigenvalue weighted by Crippen LogP contribution is -2.50. The number of ketones is 1. The molecule has 0 spiro atoms. The van der Waals surface area contributed by atoms with Gasteiger partial charge >= 0.3 is 0 Å². The number of hydrogen-bond acceptors (Lipinski definition) is 4. The summed E-state index contributed by atoms with van der Waals surface area (Å²) in [4.78, 5) is 14.1. The lowest BCUT2D eigenvalue weighted by atomic mass is 9.95. The number of Topliss-reactive ketones (excluding diaryl/α,β-unsaturated/α-hetero) is 1. The van der Waals surface area contributed by atoms with E-state index in [-0.39, 0.29) is 15.7 Å². The molecular weight excluding hydrogens is 486 g/mol. The summed E-state index contributed by atoms with van der Waals surface area (Å²) in [7, 11) is -6.44. The number of nitrogens with one attached hydrogen (secondary N) is 1. The number of benzene rings is 3. The van der Waals surface area contributed by atoms with Crippen molar-refractivity contribution in [3.8, 4) is 0 Å². The van der Waals surface area contributed by atoms with Crippen molar-refractivity contribution in [2.45, 2.75) is 69.8 Å². The van der Waals surface area contributed by atoms with Gasteiger partial charge in [0.15, 0.2) is 14.1 Å². The Hall–Kier alpha value is -2.58. The minimum atomic E-state index is -4.02. The van der Waals surface area contributed by atoms with E-state index in [2.05, 4.69) is 38.6 Å². The molecule has 3 rings (SSSR count). The maximum absolute atomic E-state index is 14.0. The van der Waals surface area contributed by atoms with E-state index in [1.165, 1.54) is 0 Å². The lowest BCUT2D eigenvalue weighted by molar-refractivity contribution is 0.0813. The third kappa shape index (κ3) is 6.59. The van der Waals surface area contributed by atoms with Crippen molar-refractivity contribution in [2.24, 2.45) is 0 Å². The lowest BCUT2D eigenvalue weighted by Gasteiger charge is -2.41. The topological polar surface area (TPSA) is 72.5 Å². The number of rotatable bonds is 9. The first-order chi connectivity index (χ1) is 16.7. The molecule has 0 unspecified atom stereocenters.